The molecule has 6 nitrogen and oxygen atoms in total. The van der Waals surface area contributed by atoms with E-state index in [9.17, 15) is 14.0 Å². The number of rotatable bonds is 4. The SMILES string of the molecule is Cc1nc(-c2c(C)c(C)nn(C)c2=O)sc1C(=O)N[C@@H]1C[C@@H]1c1c(F)cccc1Cl. The Balaban J connectivity index is 1.58. The van der Waals surface area contributed by atoms with Crippen molar-refractivity contribution in [2.24, 2.45) is 7.05 Å². The fraction of sp³-hybridized carbons (Fsp3) is 0.333. The Morgan fingerprint density at radius 1 is 1.30 bits per heavy atom. The molecular weight excluding hydrogens is 427 g/mol. The maximum absolute atomic E-state index is 14.1. The largest absolute Gasteiger partial charge is 0.348 e. The van der Waals surface area contributed by atoms with Gasteiger partial charge in [-0.3, -0.25) is 9.59 Å². The first-order valence-electron chi connectivity index (χ1n) is 9.46. The molecule has 1 N–H and O–H groups in total. The molecule has 2 aromatic heterocycles. The molecule has 0 aliphatic heterocycles. The summed E-state index contributed by atoms with van der Waals surface area (Å²) in [6, 6.07) is 4.40. The highest BCUT2D eigenvalue weighted by Gasteiger charge is 2.42. The summed E-state index contributed by atoms with van der Waals surface area (Å²) in [5.41, 5.74) is 2.67. The van der Waals surface area contributed by atoms with Crippen LogP contribution in [0.2, 0.25) is 5.02 Å². The van der Waals surface area contributed by atoms with Gasteiger partial charge in [-0.2, -0.15) is 5.10 Å². The Bertz CT molecular complexity index is 1220. The lowest BCUT2D eigenvalue weighted by Crippen LogP contribution is -2.26. The van der Waals surface area contributed by atoms with Gasteiger partial charge in [0, 0.05) is 29.6 Å². The molecule has 156 valence electrons. The minimum absolute atomic E-state index is 0.146. The van der Waals surface area contributed by atoms with E-state index >= 15 is 0 Å². The molecule has 0 saturated heterocycles. The summed E-state index contributed by atoms with van der Waals surface area (Å²) in [5, 5.41) is 7.98. The van der Waals surface area contributed by atoms with Crippen LogP contribution in [0.4, 0.5) is 4.39 Å². The van der Waals surface area contributed by atoms with Crippen molar-refractivity contribution in [1.29, 1.82) is 0 Å². The highest BCUT2D eigenvalue weighted by molar-refractivity contribution is 7.17. The summed E-state index contributed by atoms with van der Waals surface area (Å²) in [7, 11) is 1.59. The van der Waals surface area contributed by atoms with E-state index in [1.807, 2.05) is 13.8 Å². The number of nitrogens with one attached hydrogen (secondary N) is 1. The van der Waals surface area contributed by atoms with Crippen molar-refractivity contribution in [2.75, 3.05) is 0 Å². The number of aryl methyl sites for hydroxylation is 3. The van der Waals surface area contributed by atoms with Crippen LogP contribution in [0.3, 0.4) is 0 Å². The Kier molecular flexibility index (Phi) is 5.23. The van der Waals surface area contributed by atoms with Crippen molar-refractivity contribution < 1.29 is 9.18 Å². The third kappa shape index (κ3) is 3.54. The molecule has 0 bridgehead atoms. The molecule has 2 atom stereocenters. The van der Waals surface area contributed by atoms with E-state index < -0.39 is 0 Å². The van der Waals surface area contributed by atoms with Gasteiger partial charge in [-0.25, -0.2) is 14.1 Å². The van der Waals surface area contributed by atoms with Crippen LogP contribution in [0.1, 0.15) is 44.5 Å². The number of halogens is 2. The van der Waals surface area contributed by atoms with Crippen LogP contribution in [0.15, 0.2) is 23.0 Å². The smallest absolute Gasteiger partial charge is 0.277 e. The lowest BCUT2D eigenvalue weighted by atomic mass is 10.1. The van der Waals surface area contributed by atoms with Crippen LogP contribution in [0.25, 0.3) is 10.6 Å². The number of nitrogens with zero attached hydrogens (tertiary/aromatic N) is 3. The molecule has 1 aliphatic carbocycles. The number of hydrogen-bond donors (Lipinski definition) is 1. The van der Waals surface area contributed by atoms with Gasteiger partial charge in [0.25, 0.3) is 11.5 Å². The van der Waals surface area contributed by atoms with Gasteiger partial charge in [0.05, 0.1) is 17.0 Å². The number of aromatic nitrogens is 3. The molecule has 4 rings (SSSR count). The van der Waals surface area contributed by atoms with E-state index in [1.54, 1.807) is 26.1 Å². The fourth-order valence-electron chi connectivity index (χ4n) is 3.59. The highest BCUT2D eigenvalue weighted by Crippen LogP contribution is 2.45. The average Bonchev–Trinajstić information content (AvgIpc) is 3.30. The van der Waals surface area contributed by atoms with Crippen molar-refractivity contribution in [2.45, 2.75) is 39.2 Å². The monoisotopic (exact) mass is 446 g/mol. The van der Waals surface area contributed by atoms with E-state index in [0.29, 0.717) is 38.1 Å². The first kappa shape index (κ1) is 20.7. The predicted molar refractivity (Wildman–Crippen MR) is 115 cm³/mol. The summed E-state index contributed by atoms with van der Waals surface area (Å²) in [5.74, 6) is -0.788. The van der Waals surface area contributed by atoms with E-state index in [2.05, 4.69) is 15.4 Å². The quantitative estimate of drug-likeness (QED) is 0.659. The molecule has 0 unspecified atom stereocenters. The zero-order chi connectivity index (χ0) is 21.7. The van der Waals surface area contributed by atoms with Gasteiger partial charge >= 0.3 is 0 Å². The Hall–Kier alpha value is -2.58. The molecule has 2 heterocycles. The predicted octanol–water partition coefficient (Wildman–Crippen LogP) is 3.91. The van der Waals surface area contributed by atoms with Crippen molar-refractivity contribution in [3.63, 3.8) is 0 Å². The van der Waals surface area contributed by atoms with Crippen molar-refractivity contribution in [3.05, 3.63) is 66.8 Å². The van der Waals surface area contributed by atoms with E-state index in [-0.39, 0.29) is 29.2 Å². The molecule has 3 aromatic rings. The van der Waals surface area contributed by atoms with Crippen LogP contribution >= 0.6 is 22.9 Å². The number of thiazole rings is 1. The van der Waals surface area contributed by atoms with Crippen LogP contribution in [0, 0.1) is 26.6 Å². The number of amides is 1. The van der Waals surface area contributed by atoms with Gasteiger partial charge < -0.3 is 5.32 Å². The Labute approximate surface area is 181 Å². The summed E-state index contributed by atoms with van der Waals surface area (Å²) >= 11 is 7.31. The van der Waals surface area contributed by atoms with E-state index in [0.717, 1.165) is 11.3 Å². The Morgan fingerprint density at radius 3 is 2.73 bits per heavy atom. The Morgan fingerprint density at radius 2 is 2.03 bits per heavy atom. The van der Waals surface area contributed by atoms with Gasteiger partial charge in [-0.1, -0.05) is 17.7 Å². The van der Waals surface area contributed by atoms with Gasteiger partial charge in [0.2, 0.25) is 0 Å². The summed E-state index contributed by atoms with van der Waals surface area (Å²) in [6.45, 7) is 5.39. The van der Waals surface area contributed by atoms with Crippen molar-refractivity contribution in [1.82, 2.24) is 20.1 Å². The number of carbonyl (C=O) groups is 1. The van der Waals surface area contributed by atoms with E-state index in [1.165, 1.54) is 22.1 Å². The van der Waals surface area contributed by atoms with Crippen LogP contribution < -0.4 is 10.9 Å². The number of carbonyl (C=O) groups excluding carboxylic acids is 1. The van der Waals surface area contributed by atoms with Crippen LogP contribution in [0.5, 0.6) is 0 Å². The number of benzene rings is 1. The average molecular weight is 447 g/mol. The van der Waals surface area contributed by atoms with Crippen molar-refractivity contribution in [3.8, 4) is 10.6 Å². The van der Waals surface area contributed by atoms with E-state index in [4.69, 9.17) is 11.6 Å². The second-order valence-corrected chi connectivity index (χ2v) is 8.91. The molecule has 1 aromatic carbocycles. The van der Waals surface area contributed by atoms with Crippen LogP contribution in [-0.2, 0) is 7.05 Å². The molecular formula is C21H20ClFN4O2S. The highest BCUT2D eigenvalue weighted by atomic mass is 35.5. The molecule has 30 heavy (non-hydrogen) atoms. The second kappa shape index (κ2) is 7.59. The standard InChI is InChI=1S/C21H20ClFN4O2S/c1-9-10(2)26-27(4)21(29)16(9)20-24-11(3)18(30-20)19(28)25-15-8-12(15)17-13(22)6-5-7-14(17)23/h5-7,12,15H,8H2,1-4H3,(H,25,28)/t12-,15+/m0/s1. The van der Waals surface area contributed by atoms with Gasteiger partial charge in [0.1, 0.15) is 15.7 Å². The topological polar surface area (TPSA) is 76.9 Å². The molecule has 9 heteroatoms. The lowest BCUT2D eigenvalue weighted by Gasteiger charge is -2.07. The first-order chi connectivity index (χ1) is 14.2. The second-order valence-electron chi connectivity index (χ2n) is 7.51. The van der Waals surface area contributed by atoms with Gasteiger partial charge in [-0.15, -0.1) is 11.3 Å². The minimum atomic E-state index is -0.361. The third-order valence-electron chi connectivity index (χ3n) is 5.42. The lowest BCUT2D eigenvalue weighted by molar-refractivity contribution is 0.0953. The summed E-state index contributed by atoms with van der Waals surface area (Å²) < 4.78 is 15.4. The molecule has 1 aliphatic rings. The zero-order valence-corrected chi connectivity index (χ0v) is 18.5. The molecule has 1 saturated carbocycles. The molecule has 1 amide bonds. The molecule has 1 fully saturated rings. The summed E-state index contributed by atoms with van der Waals surface area (Å²) in [4.78, 5) is 30.4. The number of hydrogen-bond acceptors (Lipinski definition) is 5. The maximum atomic E-state index is 14.1. The van der Waals surface area contributed by atoms with Crippen molar-refractivity contribution >= 4 is 28.8 Å². The minimum Gasteiger partial charge on any atom is -0.348 e. The summed E-state index contributed by atoms with van der Waals surface area (Å²) in [6.07, 6.45) is 0.625. The third-order valence-corrected chi connectivity index (χ3v) is 6.92. The normalized spacial score (nSPS) is 17.8. The van der Waals surface area contributed by atoms with Crippen LogP contribution in [-0.4, -0.2) is 26.7 Å². The maximum Gasteiger partial charge on any atom is 0.277 e. The first-order valence-corrected chi connectivity index (χ1v) is 10.7. The molecule has 0 spiro atoms. The molecule has 0 radical (unpaired) electrons. The fourth-order valence-corrected chi connectivity index (χ4v) is 4.95. The zero-order valence-electron chi connectivity index (χ0n) is 16.9. The van der Waals surface area contributed by atoms with Gasteiger partial charge in [0.15, 0.2) is 0 Å². The van der Waals surface area contributed by atoms with Gasteiger partial charge in [-0.05, 0) is 44.9 Å².